The number of para-hydroxylation sites is 1. The van der Waals surface area contributed by atoms with Crippen LogP contribution in [0.2, 0.25) is 0 Å². The lowest BCUT2D eigenvalue weighted by Gasteiger charge is -2.12. The molecule has 2 heterocycles. The third-order valence-electron chi connectivity index (χ3n) is 4.70. The second-order valence-corrected chi connectivity index (χ2v) is 8.86. The van der Waals surface area contributed by atoms with Crippen molar-refractivity contribution >= 4 is 29.3 Å². The molecule has 0 bridgehead atoms. The number of anilines is 1. The summed E-state index contributed by atoms with van der Waals surface area (Å²) < 4.78 is 7.45. The summed E-state index contributed by atoms with van der Waals surface area (Å²) in [6.07, 6.45) is 3.61. The van der Waals surface area contributed by atoms with Crippen molar-refractivity contribution in [3.05, 3.63) is 48.2 Å². The molecule has 1 aliphatic rings. The van der Waals surface area contributed by atoms with Gasteiger partial charge in [0.2, 0.25) is 5.91 Å². The zero-order chi connectivity index (χ0) is 21.8. The molecule has 0 atom stereocenters. The molecular weight excluding hydrogens is 414 g/mol. The lowest BCUT2D eigenvalue weighted by Crippen LogP contribution is -2.27. The summed E-state index contributed by atoms with van der Waals surface area (Å²) in [6.45, 7) is 4.92. The predicted octanol–water partition coefficient (Wildman–Crippen LogP) is 3.82. The van der Waals surface area contributed by atoms with Crippen molar-refractivity contribution in [2.75, 3.05) is 11.1 Å². The highest BCUT2D eigenvalue weighted by Crippen LogP contribution is 2.26. The zero-order valence-electron chi connectivity index (χ0n) is 17.5. The molecule has 0 spiro atoms. The number of amides is 2. The van der Waals surface area contributed by atoms with Gasteiger partial charge >= 0.3 is 0 Å². The van der Waals surface area contributed by atoms with Crippen LogP contribution in [0.1, 0.15) is 37.0 Å². The van der Waals surface area contributed by atoms with Crippen molar-refractivity contribution in [2.24, 2.45) is 5.92 Å². The van der Waals surface area contributed by atoms with Gasteiger partial charge in [-0.05, 0) is 43.0 Å². The summed E-state index contributed by atoms with van der Waals surface area (Å²) >= 11 is 1.30. The van der Waals surface area contributed by atoms with Crippen molar-refractivity contribution in [1.82, 2.24) is 20.1 Å². The van der Waals surface area contributed by atoms with Crippen LogP contribution in [0.15, 0.2) is 52.2 Å². The molecule has 2 aromatic heterocycles. The Labute approximate surface area is 184 Å². The van der Waals surface area contributed by atoms with E-state index < -0.39 is 0 Å². The second kappa shape index (κ2) is 9.38. The van der Waals surface area contributed by atoms with Crippen molar-refractivity contribution < 1.29 is 14.0 Å². The highest BCUT2D eigenvalue weighted by molar-refractivity contribution is 7.99. The molecule has 1 aromatic carbocycles. The molecule has 1 saturated carbocycles. The molecule has 2 N–H and O–H groups in total. The van der Waals surface area contributed by atoms with E-state index in [1.54, 1.807) is 36.6 Å². The quantitative estimate of drug-likeness (QED) is 0.492. The second-order valence-electron chi connectivity index (χ2n) is 7.92. The van der Waals surface area contributed by atoms with E-state index in [4.69, 9.17) is 4.42 Å². The van der Waals surface area contributed by atoms with Crippen molar-refractivity contribution in [3.63, 3.8) is 0 Å². The average molecular weight is 440 g/mol. The molecule has 8 nitrogen and oxygen atoms in total. The number of hydrogen-bond donors (Lipinski definition) is 2. The van der Waals surface area contributed by atoms with Crippen LogP contribution in [0, 0.1) is 5.92 Å². The number of nitrogens with one attached hydrogen (secondary N) is 2. The van der Waals surface area contributed by atoms with E-state index in [1.165, 1.54) is 11.8 Å². The molecule has 0 radical (unpaired) electrons. The number of thioether (sulfide) groups is 1. The number of benzene rings is 1. The van der Waals surface area contributed by atoms with Gasteiger partial charge in [-0.15, -0.1) is 10.2 Å². The van der Waals surface area contributed by atoms with Gasteiger partial charge in [0.25, 0.3) is 5.91 Å². The Balaban J connectivity index is 1.43. The fourth-order valence-electron chi connectivity index (χ4n) is 3.11. The third kappa shape index (κ3) is 5.35. The Bertz CT molecular complexity index is 1060. The van der Waals surface area contributed by atoms with Crippen LogP contribution in [-0.4, -0.2) is 38.4 Å². The molecule has 162 valence electrons. The third-order valence-corrected chi connectivity index (χ3v) is 5.66. The number of hydrogen-bond acceptors (Lipinski definition) is 6. The van der Waals surface area contributed by atoms with Crippen molar-refractivity contribution in [3.8, 4) is 11.6 Å². The van der Waals surface area contributed by atoms with Gasteiger partial charge in [-0.2, -0.15) is 0 Å². The topological polar surface area (TPSA) is 102 Å². The Kier molecular flexibility index (Phi) is 6.41. The average Bonchev–Trinajstić information content (AvgIpc) is 3.23. The normalized spacial score (nSPS) is 13.4. The zero-order valence-corrected chi connectivity index (χ0v) is 18.3. The van der Waals surface area contributed by atoms with Crippen LogP contribution in [0.4, 0.5) is 5.69 Å². The van der Waals surface area contributed by atoms with Crippen LogP contribution in [0.3, 0.4) is 0 Å². The van der Waals surface area contributed by atoms with E-state index in [-0.39, 0.29) is 23.6 Å². The number of carbonyl (C=O) groups is 2. The smallest absolute Gasteiger partial charge is 0.253 e. The first-order chi connectivity index (χ1) is 15.0. The summed E-state index contributed by atoms with van der Waals surface area (Å²) in [5.41, 5.74) is 0.974. The Morgan fingerprint density at radius 1 is 1.19 bits per heavy atom. The number of furan rings is 1. The Morgan fingerprint density at radius 2 is 2.00 bits per heavy atom. The van der Waals surface area contributed by atoms with Crippen LogP contribution in [-0.2, 0) is 11.3 Å². The minimum Gasteiger partial charge on any atom is -0.461 e. The lowest BCUT2D eigenvalue weighted by atomic mass is 10.1. The van der Waals surface area contributed by atoms with Gasteiger partial charge in [0, 0.05) is 12.6 Å². The SMILES string of the molecule is CC(C)Cn1c(SCC(=O)Nc2ccccc2C(=O)NC2CC2)nnc1-c1ccco1. The summed E-state index contributed by atoms with van der Waals surface area (Å²) in [4.78, 5) is 25.1. The maximum absolute atomic E-state index is 12.6. The van der Waals surface area contributed by atoms with Gasteiger partial charge in [-0.25, -0.2) is 0 Å². The van der Waals surface area contributed by atoms with E-state index in [9.17, 15) is 9.59 Å². The number of rotatable bonds is 9. The molecule has 2 amide bonds. The minimum absolute atomic E-state index is 0.146. The summed E-state index contributed by atoms with van der Waals surface area (Å²) in [5.74, 6) is 1.42. The predicted molar refractivity (Wildman–Crippen MR) is 119 cm³/mol. The fraction of sp³-hybridized carbons (Fsp3) is 0.364. The largest absolute Gasteiger partial charge is 0.461 e. The number of carbonyl (C=O) groups excluding carboxylic acids is 2. The van der Waals surface area contributed by atoms with Crippen LogP contribution >= 0.6 is 11.8 Å². The number of aromatic nitrogens is 3. The summed E-state index contributed by atoms with van der Waals surface area (Å²) in [7, 11) is 0. The van der Waals surface area contributed by atoms with Crippen molar-refractivity contribution in [2.45, 2.75) is 44.4 Å². The molecule has 31 heavy (non-hydrogen) atoms. The molecule has 9 heteroatoms. The van der Waals surface area contributed by atoms with E-state index in [2.05, 4.69) is 34.7 Å². The molecule has 0 unspecified atom stereocenters. The van der Waals surface area contributed by atoms with Crippen molar-refractivity contribution in [1.29, 1.82) is 0 Å². The van der Waals surface area contributed by atoms with Gasteiger partial charge < -0.3 is 15.1 Å². The highest BCUT2D eigenvalue weighted by Gasteiger charge is 2.25. The molecule has 1 aliphatic carbocycles. The van der Waals surface area contributed by atoms with Gasteiger partial charge in [-0.3, -0.25) is 14.2 Å². The van der Waals surface area contributed by atoms with Crippen LogP contribution in [0.5, 0.6) is 0 Å². The van der Waals surface area contributed by atoms with Gasteiger partial charge in [0.05, 0.1) is 23.3 Å². The standard InChI is InChI=1S/C22H25N5O3S/c1-14(2)12-27-20(18-8-5-11-30-18)25-26-22(27)31-13-19(28)24-17-7-4-3-6-16(17)21(29)23-15-9-10-15/h3-8,11,14-15H,9-10,12-13H2,1-2H3,(H,23,29)(H,24,28). The molecule has 3 aromatic rings. The minimum atomic E-state index is -0.213. The van der Waals surface area contributed by atoms with Crippen LogP contribution in [0.25, 0.3) is 11.6 Å². The van der Waals surface area contributed by atoms with Gasteiger partial charge in [-0.1, -0.05) is 37.7 Å². The number of nitrogens with zero attached hydrogens (tertiary/aromatic N) is 3. The van der Waals surface area contributed by atoms with E-state index in [0.717, 1.165) is 12.8 Å². The Hall–Kier alpha value is -3.07. The molecule has 1 fully saturated rings. The van der Waals surface area contributed by atoms with E-state index in [1.807, 2.05) is 10.6 Å². The van der Waals surface area contributed by atoms with Gasteiger partial charge in [0.1, 0.15) is 0 Å². The molecule has 0 saturated heterocycles. The summed E-state index contributed by atoms with van der Waals surface area (Å²) in [5, 5.41) is 15.0. The monoisotopic (exact) mass is 439 g/mol. The van der Waals surface area contributed by atoms with Gasteiger partial charge in [0.15, 0.2) is 16.7 Å². The van der Waals surface area contributed by atoms with E-state index in [0.29, 0.717) is 40.5 Å². The highest BCUT2D eigenvalue weighted by atomic mass is 32.2. The maximum atomic E-state index is 12.6. The molecule has 0 aliphatic heterocycles. The lowest BCUT2D eigenvalue weighted by molar-refractivity contribution is -0.113. The first-order valence-corrected chi connectivity index (χ1v) is 11.3. The van der Waals surface area contributed by atoms with Crippen LogP contribution < -0.4 is 10.6 Å². The Morgan fingerprint density at radius 3 is 2.71 bits per heavy atom. The van der Waals surface area contributed by atoms with E-state index >= 15 is 0 Å². The first-order valence-electron chi connectivity index (χ1n) is 10.3. The maximum Gasteiger partial charge on any atom is 0.253 e. The summed E-state index contributed by atoms with van der Waals surface area (Å²) in [6, 6.07) is 10.9. The molecule has 4 rings (SSSR count). The molecular formula is C22H25N5O3S. The fourth-order valence-corrected chi connectivity index (χ4v) is 3.86. The first kappa shape index (κ1) is 21.2.